The molecule has 0 aromatic carbocycles. The summed E-state index contributed by atoms with van der Waals surface area (Å²) >= 11 is 1.41. The second-order valence-electron chi connectivity index (χ2n) is 4.48. The maximum Gasteiger partial charge on any atom is 0.501 e. The molecule has 0 bridgehead atoms. The van der Waals surface area contributed by atoms with Crippen molar-refractivity contribution in [2.45, 2.75) is 40.2 Å². The van der Waals surface area contributed by atoms with Gasteiger partial charge >= 0.3 is 14.8 Å². The van der Waals surface area contributed by atoms with Crippen molar-refractivity contribution in [2.24, 2.45) is 0 Å². The first-order valence-electron chi connectivity index (χ1n) is 7.77. The van der Waals surface area contributed by atoms with E-state index in [0.29, 0.717) is 43.8 Å². The first-order chi connectivity index (χ1) is 10.6. The van der Waals surface area contributed by atoms with E-state index in [2.05, 4.69) is 0 Å². The van der Waals surface area contributed by atoms with Crippen LogP contribution in [0.4, 0.5) is 0 Å². The summed E-state index contributed by atoms with van der Waals surface area (Å²) < 4.78 is 22.6. The van der Waals surface area contributed by atoms with Gasteiger partial charge in [0, 0.05) is 25.9 Å². The Kier molecular flexibility index (Phi) is 8.88. The van der Waals surface area contributed by atoms with Crippen LogP contribution in [0.5, 0.6) is 0 Å². The van der Waals surface area contributed by atoms with Gasteiger partial charge in [0.15, 0.2) is 0 Å². The number of aryl methyl sites for hydroxylation is 1. The van der Waals surface area contributed by atoms with Gasteiger partial charge in [0.2, 0.25) is 0 Å². The molecule has 0 aliphatic heterocycles. The third kappa shape index (κ3) is 5.48. The topological polar surface area (TPSA) is 54.0 Å². The highest BCUT2D eigenvalue weighted by molar-refractivity contribution is 7.12. The van der Waals surface area contributed by atoms with Gasteiger partial charge < -0.3 is 18.0 Å². The predicted molar refractivity (Wildman–Crippen MR) is 89.4 cm³/mol. The van der Waals surface area contributed by atoms with Gasteiger partial charge in [-0.1, -0.05) is 0 Å². The summed E-state index contributed by atoms with van der Waals surface area (Å²) in [6, 6.07) is 2.62. The molecule has 126 valence electrons. The molecule has 0 amide bonds. The van der Waals surface area contributed by atoms with E-state index in [1.807, 2.05) is 39.1 Å². The number of carbonyl (C=O) groups is 1. The van der Waals surface area contributed by atoms with Gasteiger partial charge in [-0.05, 0) is 51.1 Å². The first-order valence-corrected chi connectivity index (χ1v) is 10.6. The Morgan fingerprint density at radius 1 is 1.05 bits per heavy atom. The third-order valence-electron chi connectivity index (χ3n) is 3.00. The van der Waals surface area contributed by atoms with E-state index in [9.17, 15) is 4.79 Å². The second kappa shape index (κ2) is 10.1. The van der Waals surface area contributed by atoms with Gasteiger partial charge in [0.05, 0.1) is 6.61 Å². The van der Waals surface area contributed by atoms with Gasteiger partial charge in [-0.3, -0.25) is 0 Å². The summed E-state index contributed by atoms with van der Waals surface area (Å²) in [5.41, 5.74) is 0.972. The smallest absolute Gasteiger partial charge is 0.462 e. The van der Waals surface area contributed by atoms with Crippen LogP contribution in [0.15, 0.2) is 11.4 Å². The predicted octanol–water partition coefficient (Wildman–Crippen LogP) is 3.52. The molecular formula is C15H26O5SSi. The van der Waals surface area contributed by atoms with Crippen LogP contribution in [-0.2, 0) is 24.4 Å². The van der Waals surface area contributed by atoms with Crippen molar-refractivity contribution < 1.29 is 22.8 Å². The monoisotopic (exact) mass is 346 g/mol. The summed E-state index contributed by atoms with van der Waals surface area (Å²) in [5, 5.41) is 1.91. The minimum absolute atomic E-state index is 0.260. The van der Waals surface area contributed by atoms with Crippen LogP contribution in [-0.4, -0.2) is 41.2 Å². The highest BCUT2D eigenvalue weighted by Crippen LogP contribution is 2.24. The van der Waals surface area contributed by atoms with Crippen LogP contribution in [0.25, 0.3) is 0 Å². The molecule has 1 aromatic rings. The highest BCUT2D eigenvalue weighted by Gasteiger charge is 2.40. The van der Waals surface area contributed by atoms with Crippen molar-refractivity contribution in [2.75, 3.05) is 26.4 Å². The number of hydrogen-bond acceptors (Lipinski definition) is 6. The molecule has 0 aliphatic carbocycles. The number of carbonyl (C=O) groups excluding carboxylic acids is 1. The van der Waals surface area contributed by atoms with E-state index < -0.39 is 8.80 Å². The van der Waals surface area contributed by atoms with E-state index in [0.717, 1.165) is 5.56 Å². The Balaban J connectivity index is 2.80. The molecule has 7 heteroatoms. The molecule has 0 radical (unpaired) electrons. The van der Waals surface area contributed by atoms with Crippen LogP contribution in [0.1, 0.15) is 42.9 Å². The average Bonchev–Trinajstić information content (AvgIpc) is 2.95. The number of ether oxygens (including phenoxy) is 1. The maximum atomic E-state index is 11.9. The van der Waals surface area contributed by atoms with E-state index in [1.165, 1.54) is 11.3 Å². The maximum absolute atomic E-state index is 11.9. The summed E-state index contributed by atoms with van der Waals surface area (Å²) in [6.45, 7) is 9.67. The van der Waals surface area contributed by atoms with Gasteiger partial charge in [-0.15, -0.1) is 11.3 Å². The Labute approximate surface area is 137 Å². The summed E-state index contributed by atoms with van der Waals surface area (Å²) in [4.78, 5) is 12.6. The molecule has 0 spiro atoms. The first kappa shape index (κ1) is 19.3. The van der Waals surface area contributed by atoms with E-state index in [4.69, 9.17) is 18.0 Å². The largest absolute Gasteiger partial charge is 0.501 e. The lowest BCUT2D eigenvalue weighted by Crippen LogP contribution is -2.46. The summed E-state index contributed by atoms with van der Waals surface area (Å²) in [6.07, 6.45) is 0.684. The Hall–Kier alpha value is -0.733. The third-order valence-corrected chi connectivity index (χ3v) is 6.99. The minimum atomic E-state index is -2.68. The van der Waals surface area contributed by atoms with Gasteiger partial charge in [0.25, 0.3) is 0 Å². The van der Waals surface area contributed by atoms with Crippen molar-refractivity contribution >= 4 is 26.1 Å². The van der Waals surface area contributed by atoms with Gasteiger partial charge in [0.1, 0.15) is 4.88 Å². The van der Waals surface area contributed by atoms with E-state index >= 15 is 0 Å². The number of rotatable bonds is 11. The lowest BCUT2D eigenvalue weighted by atomic mass is 10.2. The van der Waals surface area contributed by atoms with Crippen molar-refractivity contribution in [1.29, 1.82) is 0 Å². The molecule has 0 atom stereocenters. The lowest BCUT2D eigenvalue weighted by molar-refractivity contribution is 0.0529. The molecule has 1 aromatic heterocycles. The SMILES string of the molecule is CCOC(=O)c1sccc1CC[Si](OCC)(OCC)OCC. The van der Waals surface area contributed by atoms with Crippen molar-refractivity contribution in [3.8, 4) is 0 Å². The fourth-order valence-corrected chi connectivity index (χ4v) is 5.62. The molecule has 22 heavy (non-hydrogen) atoms. The Bertz CT molecular complexity index is 432. The molecule has 1 heterocycles. The Morgan fingerprint density at radius 2 is 1.64 bits per heavy atom. The van der Waals surface area contributed by atoms with Gasteiger partial charge in [-0.2, -0.15) is 0 Å². The molecule has 0 aliphatic rings. The van der Waals surface area contributed by atoms with Gasteiger partial charge in [-0.25, -0.2) is 4.79 Å². The Morgan fingerprint density at radius 3 is 2.14 bits per heavy atom. The number of hydrogen-bond donors (Lipinski definition) is 0. The van der Waals surface area contributed by atoms with Crippen molar-refractivity contribution in [3.63, 3.8) is 0 Å². The quantitative estimate of drug-likeness (QED) is 0.453. The zero-order chi connectivity index (χ0) is 16.4. The van der Waals surface area contributed by atoms with Crippen molar-refractivity contribution in [1.82, 2.24) is 0 Å². The molecule has 0 unspecified atom stereocenters. The second-order valence-corrected chi connectivity index (χ2v) is 8.13. The normalized spacial score (nSPS) is 11.6. The van der Waals surface area contributed by atoms with Crippen LogP contribution >= 0.6 is 11.3 Å². The molecule has 0 fully saturated rings. The molecule has 0 saturated heterocycles. The van der Waals surface area contributed by atoms with E-state index in [1.54, 1.807) is 0 Å². The highest BCUT2D eigenvalue weighted by atomic mass is 32.1. The molecule has 0 N–H and O–H groups in total. The fraction of sp³-hybridized carbons (Fsp3) is 0.667. The zero-order valence-electron chi connectivity index (χ0n) is 13.8. The zero-order valence-corrected chi connectivity index (χ0v) is 15.7. The van der Waals surface area contributed by atoms with Crippen LogP contribution in [0, 0.1) is 0 Å². The minimum Gasteiger partial charge on any atom is -0.462 e. The standard InChI is InChI=1S/C15H26O5SSi/c1-5-17-15(16)14-13(9-11-21-14)10-12-22(18-6-2,19-7-3)20-8-4/h9,11H,5-8,10,12H2,1-4H3. The van der Waals surface area contributed by atoms with Crippen LogP contribution in [0.3, 0.4) is 0 Å². The van der Waals surface area contributed by atoms with Crippen LogP contribution in [0.2, 0.25) is 6.04 Å². The molecule has 5 nitrogen and oxygen atoms in total. The lowest BCUT2D eigenvalue weighted by Gasteiger charge is -2.28. The molecule has 0 saturated carbocycles. The van der Waals surface area contributed by atoms with E-state index in [-0.39, 0.29) is 5.97 Å². The fourth-order valence-electron chi connectivity index (χ4n) is 2.20. The number of esters is 1. The summed E-state index contributed by atoms with van der Waals surface area (Å²) in [5.74, 6) is -0.260. The number of thiophene rings is 1. The average molecular weight is 347 g/mol. The molecular weight excluding hydrogens is 320 g/mol. The summed E-state index contributed by atoms with van der Waals surface area (Å²) in [7, 11) is -2.68. The molecule has 1 rings (SSSR count). The van der Waals surface area contributed by atoms with Crippen LogP contribution < -0.4 is 0 Å². The van der Waals surface area contributed by atoms with Crippen molar-refractivity contribution in [3.05, 3.63) is 21.9 Å².